The first-order valence-corrected chi connectivity index (χ1v) is 10.3. The summed E-state index contributed by atoms with van der Waals surface area (Å²) in [7, 11) is 1.58. The number of hydrogen-bond donors (Lipinski definition) is 2. The first-order chi connectivity index (χ1) is 15.7. The molecule has 0 aliphatic rings. The number of benzene rings is 1. The average Bonchev–Trinajstić information content (AvgIpc) is 2.77. The molecule has 0 saturated heterocycles. The van der Waals surface area contributed by atoms with Crippen LogP contribution in [-0.2, 0) is 7.05 Å². The number of aromatic nitrogens is 4. The minimum Gasteiger partial charge on any atom is -0.476 e. The summed E-state index contributed by atoms with van der Waals surface area (Å²) in [5, 5.41) is 13.1. The zero-order chi connectivity index (χ0) is 23.9. The lowest BCUT2D eigenvalue weighted by molar-refractivity contribution is 0.0691. The number of carboxylic acids is 1. The zero-order valence-corrected chi connectivity index (χ0v) is 18.7. The number of aromatic carboxylic acids is 1. The summed E-state index contributed by atoms with van der Waals surface area (Å²) in [6, 6.07) is 8.91. The number of hydrogen-bond acceptors (Lipinski definition) is 6. The number of nitrogens with one attached hydrogen (secondary N) is 1. The number of pyridine rings is 2. The van der Waals surface area contributed by atoms with Gasteiger partial charge in [-0.2, -0.15) is 0 Å². The molecule has 0 amide bonds. The first kappa shape index (κ1) is 22.3. The van der Waals surface area contributed by atoms with Crippen molar-refractivity contribution in [3.8, 4) is 11.5 Å². The van der Waals surface area contributed by atoms with Gasteiger partial charge in [-0.1, -0.05) is 17.7 Å². The lowest BCUT2D eigenvalue weighted by atomic mass is 10.0. The van der Waals surface area contributed by atoms with E-state index in [1.165, 1.54) is 28.8 Å². The highest BCUT2D eigenvalue weighted by atomic mass is 35.5. The molecule has 8 nitrogen and oxygen atoms in total. The van der Waals surface area contributed by atoms with E-state index in [0.717, 1.165) is 11.8 Å². The van der Waals surface area contributed by atoms with Gasteiger partial charge in [0, 0.05) is 12.6 Å². The largest absolute Gasteiger partial charge is 0.476 e. The van der Waals surface area contributed by atoms with Crippen LogP contribution < -0.4 is 10.9 Å². The Morgan fingerprint density at radius 2 is 1.97 bits per heavy atom. The Hall–Kier alpha value is -3.85. The maximum atomic E-state index is 13.4. The molecule has 3 aromatic heterocycles. The molecular formula is C23H19ClFN5O3. The summed E-state index contributed by atoms with van der Waals surface area (Å²) >= 11 is 5.85. The van der Waals surface area contributed by atoms with Crippen molar-refractivity contribution in [3.05, 3.63) is 80.7 Å². The summed E-state index contributed by atoms with van der Waals surface area (Å²) in [6.45, 7) is 3.68. The first-order valence-electron chi connectivity index (χ1n) is 9.95. The number of carbonyl (C=O) groups is 1. The highest BCUT2D eigenvalue weighted by Crippen LogP contribution is 2.29. The second kappa shape index (κ2) is 8.59. The Morgan fingerprint density at radius 3 is 2.64 bits per heavy atom. The predicted molar refractivity (Wildman–Crippen MR) is 123 cm³/mol. The number of halogens is 2. The van der Waals surface area contributed by atoms with Gasteiger partial charge in [0.1, 0.15) is 16.7 Å². The Labute approximate surface area is 192 Å². The van der Waals surface area contributed by atoms with E-state index in [4.69, 9.17) is 16.6 Å². The molecule has 3 heterocycles. The summed E-state index contributed by atoms with van der Waals surface area (Å²) < 4.78 is 14.7. The van der Waals surface area contributed by atoms with Crippen LogP contribution in [0.5, 0.6) is 0 Å². The van der Waals surface area contributed by atoms with Gasteiger partial charge in [0.05, 0.1) is 28.8 Å². The van der Waals surface area contributed by atoms with Crippen LogP contribution in [-0.4, -0.2) is 30.6 Å². The second-order valence-corrected chi connectivity index (χ2v) is 8.00. The van der Waals surface area contributed by atoms with E-state index in [1.807, 2.05) is 19.9 Å². The van der Waals surface area contributed by atoms with Crippen molar-refractivity contribution in [2.75, 3.05) is 5.32 Å². The van der Waals surface area contributed by atoms with Crippen LogP contribution in [0.2, 0.25) is 5.15 Å². The molecule has 0 radical (unpaired) electrons. The molecule has 0 aliphatic heterocycles. The molecule has 1 atom stereocenters. The Balaban J connectivity index is 1.88. The third-order valence-corrected chi connectivity index (χ3v) is 5.42. The monoisotopic (exact) mass is 467 g/mol. The second-order valence-electron chi connectivity index (χ2n) is 7.61. The topological polar surface area (TPSA) is 110 Å². The molecule has 0 fully saturated rings. The molecule has 10 heteroatoms. The SMILES string of the molecule is Cc1cc([C@@H](C)Nc2ccc(Cl)nc2C(=O)O)c2nc(-c3ccc(F)cn3)n(C)c(=O)c2c1. The van der Waals surface area contributed by atoms with Gasteiger partial charge in [-0.05, 0) is 49.7 Å². The van der Waals surface area contributed by atoms with Gasteiger partial charge in [0.2, 0.25) is 0 Å². The van der Waals surface area contributed by atoms with Gasteiger partial charge in [-0.25, -0.2) is 24.1 Å². The predicted octanol–water partition coefficient (Wildman–Crippen LogP) is 4.36. The fourth-order valence-electron chi connectivity index (χ4n) is 3.65. The maximum absolute atomic E-state index is 13.4. The Morgan fingerprint density at radius 1 is 1.21 bits per heavy atom. The zero-order valence-electron chi connectivity index (χ0n) is 17.9. The van der Waals surface area contributed by atoms with Crippen LogP contribution in [0.25, 0.3) is 22.4 Å². The van der Waals surface area contributed by atoms with Crippen molar-refractivity contribution in [1.29, 1.82) is 0 Å². The molecule has 168 valence electrons. The van der Waals surface area contributed by atoms with E-state index in [9.17, 15) is 19.1 Å². The number of aryl methyl sites for hydroxylation is 1. The van der Waals surface area contributed by atoms with Gasteiger partial charge >= 0.3 is 5.97 Å². The fourth-order valence-corrected chi connectivity index (χ4v) is 3.79. The van der Waals surface area contributed by atoms with E-state index < -0.39 is 17.8 Å². The maximum Gasteiger partial charge on any atom is 0.356 e. The van der Waals surface area contributed by atoms with Crippen LogP contribution in [0.4, 0.5) is 10.1 Å². The fraction of sp³-hybridized carbons (Fsp3) is 0.174. The van der Waals surface area contributed by atoms with Gasteiger partial charge in [-0.3, -0.25) is 9.36 Å². The summed E-state index contributed by atoms with van der Waals surface area (Å²) in [5.74, 6) is -1.44. The van der Waals surface area contributed by atoms with Gasteiger partial charge in [0.25, 0.3) is 5.56 Å². The van der Waals surface area contributed by atoms with E-state index in [1.54, 1.807) is 13.1 Å². The molecule has 0 aliphatic carbocycles. The normalized spacial score (nSPS) is 12.0. The number of fused-ring (bicyclic) bond motifs is 1. The van der Waals surface area contributed by atoms with Crippen LogP contribution in [0.15, 0.2) is 47.4 Å². The van der Waals surface area contributed by atoms with Crippen molar-refractivity contribution < 1.29 is 14.3 Å². The van der Waals surface area contributed by atoms with Gasteiger partial charge < -0.3 is 10.4 Å². The molecule has 0 bridgehead atoms. The molecule has 2 N–H and O–H groups in total. The van der Waals surface area contributed by atoms with Gasteiger partial charge in [0.15, 0.2) is 11.5 Å². The minimum atomic E-state index is -1.22. The highest BCUT2D eigenvalue weighted by Gasteiger charge is 2.20. The molecule has 0 spiro atoms. The molecule has 1 aromatic carbocycles. The van der Waals surface area contributed by atoms with Crippen molar-refractivity contribution in [1.82, 2.24) is 19.5 Å². The Bertz CT molecular complexity index is 1450. The third kappa shape index (κ3) is 4.27. The van der Waals surface area contributed by atoms with E-state index in [2.05, 4.69) is 15.3 Å². The van der Waals surface area contributed by atoms with Crippen LogP contribution in [0, 0.1) is 12.7 Å². The number of rotatable bonds is 5. The standard InChI is InChI=1S/C23H19ClFN5O3/c1-11-8-14(12(2)27-16-6-7-18(24)28-20(16)23(32)33)19-15(9-11)22(31)30(3)21(29-19)17-5-4-13(25)10-26-17/h4-10,12,27H,1-3H3,(H,32,33)/t12-/m1/s1. The van der Waals surface area contributed by atoms with Crippen molar-refractivity contribution in [2.45, 2.75) is 19.9 Å². The van der Waals surface area contributed by atoms with Crippen molar-refractivity contribution in [3.63, 3.8) is 0 Å². The Kier molecular flexibility index (Phi) is 5.82. The third-order valence-electron chi connectivity index (χ3n) is 5.21. The minimum absolute atomic E-state index is 0.0632. The lowest BCUT2D eigenvalue weighted by Gasteiger charge is -2.20. The van der Waals surface area contributed by atoms with Crippen LogP contribution in [0.3, 0.4) is 0 Å². The quantitative estimate of drug-likeness (QED) is 0.419. The molecule has 0 unspecified atom stereocenters. The van der Waals surface area contributed by atoms with Crippen LogP contribution >= 0.6 is 11.6 Å². The van der Waals surface area contributed by atoms with E-state index >= 15 is 0 Å². The van der Waals surface area contributed by atoms with Crippen molar-refractivity contribution >= 4 is 34.2 Å². The number of anilines is 1. The van der Waals surface area contributed by atoms with Crippen molar-refractivity contribution in [2.24, 2.45) is 7.05 Å². The highest BCUT2D eigenvalue weighted by molar-refractivity contribution is 6.29. The summed E-state index contributed by atoms with van der Waals surface area (Å²) in [4.78, 5) is 37.4. The molecular weight excluding hydrogens is 449 g/mol. The van der Waals surface area contributed by atoms with Crippen LogP contribution in [0.1, 0.15) is 34.6 Å². The molecule has 4 aromatic rings. The lowest BCUT2D eigenvalue weighted by Crippen LogP contribution is -2.22. The van der Waals surface area contributed by atoms with Gasteiger partial charge in [-0.15, -0.1) is 0 Å². The van der Waals surface area contributed by atoms with E-state index in [-0.39, 0.29) is 27.9 Å². The number of nitrogens with zero attached hydrogens (tertiary/aromatic N) is 4. The van der Waals surface area contributed by atoms with E-state index in [0.29, 0.717) is 22.2 Å². The molecule has 4 rings (SSSR count). The smallest absolute Gasteiger partial charge is 0.356 e. The summed E-state index contributed by atoms with van der Waals surface area (Å²) in [5.41, 5.74) is 2.08. The molecule has 33 heavy (non-hydrogen) atoms. The number of carboxylic acid groups (broad SMARTS) is 1. The molecule has 0 saturated carbocycles. The summed E-state index contributed by atoms with van der Waals surface area (Å²) in [6.07, 6.45) is 1.06. The average molecular weight is 468 g/mol.